The van der Waals surface area contributed by atoms with Crippen molar-refractivity contribution in [3.05, 3.63) is 0 Å². The van der Waals surface area contributed by atoms with Crippen LogP contribution in [0.25, 0.3) is 0 Å². The van der Waals surface area contributed by atoms with Gasteiger partial charge in [0.05, 0.1) is 18.4 Å². The van der Waals surface area contributed by atoms with Gasteiger partial charge in [-0.25, -0.2) is 8.42 Å². The number of nitrogens with zero attached hydrogens (tertiary/aromatic N) is 1. The van der Waals surface area contributed by atoms with E-state index in [0.717, 1.165) is 4.31 Å². The van der Waals surface area contributed by atoms with E-state index in [-0.39, 0.29) is 18.2 Å². The van der Waals surface area contributed by atoms with Crippen LogP contribution in [-0.4, -0.2) is 51.1 Å². The van der Waals surface area contributed by atoms with Crippen LogP contribution in [0, 0.1) is 5.41 Å². The highest BCUT2D eigenvalue weighted by molar-refractivity contribution is 7.89. The van der Waals surface area contributed by atoms with Crippen molar-refractivity contribution in [3.63, 3.8) is 0 Å². The first kappa shape index (κ1) is 13.3. The molecule has 0 aromatic rings. The van der Waals surface area contributed by atoms with Gasteiger partial charge in [-0.1, -0.05) is 0 Å². The Hall–Kier alpha value is -0.660. The summed E-state index contributed by atoms with van der Waals surface area (Å²) in [5.41, 5.74) is 5.21. The van der Waals surface area contributed by atoms with Gasteiger partial charge in [0, 0.05) is 14.2 Å². The topological polar surface area (TPSA) is 96.5 Å². The third-order valence-corrected chi connectivity index (χ3v) is 3.86. The number of rotatable bonds is 6. The summed E-state index contributed by atoms with van der Waals surface area (Å²) >= 11 is 0. The summed E-state index contributed by atoms with van der Waals surface area (Å²) in [6.45, 7) is 1.70. The highest BCUT2D eigenvalue weighted by atomic mass is 32.2. The fraction of sp³-hybridized carbons (Fsp3) is 0.857. The first-order valence-corrected chi connectivity index (χ1v) is 5.72. The molecule has 3 N–H and O–H groups in total. The molecule has 7 heteroatoms. The van der Waals surface area contributed by atoms with Gasteiger partial charge >= 0.3 is 0 Å². The zero-order valence-corrected chi connectivity index (χ0v) is 9.47. The van der Waals surface area contributed by atoms with E-state index in [2.05, 4.69) is 4.74 Å². The van der Waals surface area contributed by atoms with Gasteiger partial charge in [-0.05, 0) is 6.92 Å². The second-order valence-electron chi connectivity index (χ2n) is 2.96. The number of sulfonamides is 1. The SMILES string of the molecule is COCCS(=O)(=O)N(C)C(C)C(=N)N. The molecule has 0 saturated carbocycles. The Morgan fingerprint density at radius 1 is 1.64 bits per heavy atom. The minimum absolute atomic E-state index is 0.0996. The summed E-state index contributed by atoms with van der Waals surface area (Å²) in [6, 6.07) is -0.614. The molecular formula is C7H17N3O3S. The third-order valence-electron chi connectivity index (χ3n) is 1.98. The van der Waals surface area contributed by atoms with Gasteiger partial charge in [-0.2, -0.15) is 4.31 Å². The van der Waals surface area contributed by atoms with E-state index >= 15 is 0 Å². The van der Waals surface area contributed by atoms with Crippen LogP contribution >= 0.6 is 0 Å². The normalized spacial score (nSPS) is 14.3. The van der Waals surface area contributed by atoms with Crippen LogP contribution in [0.15, 0.2) is 0 Å². The number of amidine groups is 1. The van der Waals surface area contributed by atoms with Crippen molar-refractivity contribution >= 4 is 15.9 Å². The summed E-state index contributed by atoms with van der Waals surface area (Å²) in [7, 11) is -0.545. The van der Waals surface area contributed by atoms with Crippen molar-refractivity contribution in [2.45, 2.75) is 13.0 Å². The van der Waals surface area contributed by atoms with Gasteiger partial charge in [0.2, 0.25) is 10.0 Å². The van der Waals surface area contributed by atoms with Crippen molar-refractivity contribution in [2.75, 3.05) is 26.5 Å². The minimum Gasteiger partial charge on any atom is -0.386 e. The summed E-state index contributed by atoms with van der Waals surface area (Å²) in [6.07, 6.45) is 0. The molecule has 0 aromatic carbocycles. The number of hydrogen-bond donors (Lipinski definition) is 2. The predicted octanol–water partition coefficient (Wildman–Crippen LogP) is -0.781. The van der Waals surface area contributed by atoms with Crippen molar-refractivity contribution < 1.29 is 13.2 Å². The summed E-state index contributed by atoms with van der Waals surface area (Å²) < 4.78 is 28.8. The fourth-order valence-electron chi connectivity index (χ4n) is 0.769. The lowest BCUT2D eigenvalue weighted by molar-refractivity contribution is 0.215. The number of nitrogens with one attached hydrogen (secondary N) is 1. The Morgan fingerprint density at radius 2 is 2.14 bits per heavy atom. The van der Waals surface area contributed by atoms with Gasteiger partial charge in [0.15, 0.2) is 0 Å². The Kier molecular flexibility index (Phi) is 5.03. The molecule has 14 heavy (non-hydrogen) atoms. The van der Waals surface area contributed by atoms with Gasteiger partial charge in [0.1, 0.15) is 5.84 Å². The second kappa shape index (κ2) is 5.28. The van der Waals surface area contributed by atoms with E-state index in [0.29, 0.717) is 0 Å². The first-order chi connectivity index (χ1) is 6.33. The smallest absolute Gasteiger partial charge is 0.216 e. The van der Waals surface area contributed by atoms with Crippen molar-refractivity contribution in [3.8, 4) is 0 Å². The van der Waals surface area contributed by atoms with Crippen LogP contribution in [0.2, 0.25) is 0 Å². The number of likely N-dealkylation sites (N-methyl/N-ethyl adjacent to an activating group) is 1. The average molecular weight is 223 g/mol. The van der Waals surface area contributed by atoms with Crippen LogP contribution in [0.5, 0.6) is 0 Å². The Morgan fingerprint density at radius 3 is 2.50 bits per heavy atom. The van der Waals surface area contributed by atoms with E-state index < -0.39 is 16.1 Å². The van der Waals surface area contributed by atoms with Crippen molar-refractivity contribution in [1.82, 2.24) is 4.31 Å². The molecule has 1 atom stereocenters. The third kappa shape index (κ3) is 3.60. The molecule has 0 amide bonds. The lowest BCUT2D eigenvalue weighted by Gasteiger charge is -2.22. The quantitative estimate of drug-likeness (QED) is 0.456. The van der Waals surface area contributed by atoms with E-state index in [9.17, 15) is 8.42 Å². The summed E-state index contributed by atoms with van der Waals surface area (Å²) in [4.78, 5) is 0. The second-order valence-corrected chi connectivity index (χ2v) is 5.10. The van der Waals surface area contributed by atoms with Gasteiger partial charge < -0.3 is 10.5 Å². The number of ether oxygens (including phenoxy) is 1. The average Bonchev–Trinajstić information content (AvgIpc) is 2.12. The molecule has 0 spiro atoms. The highest BCUT2D eigenvalue weighted by Gasteiger charge is 2.24. The van der Waals surface area contributed by atoms with Crippen molar-refractivity contribution in [1.29, 1.82) is 5.41 Å². The number of hydrogen-bond acceptors (Lipinski definition) is 4. The van der Waals surface area contributed by atoms with Crippen LogP contribution in [0.4, 0.5) is 0 Å². The van der Waals surface area contributed by atoms with E-state index in [1.807, 2.05) is 0 Å². The molecule has 1 unspecified atom stereocenters. The van der Waals surface area contributed by atoms with Gasteiger partial charge in [-0.15, -0.1) is 0 Å². The minimum atomic E-state index is -3.38. The maximum atomic E-state index is 11.5. The number of methoxy groups -OCH3 is 1. The Bertz CT molecular complexity index is 289. The lowest BCUT2D eigenvalue weighted by Crippen LogP contribution is -2.44. The van der Waals surface area contributed by atoms with Crippen molar-refractivity contribution in [2.24, 2.45) is 5.73 Å². The van der Waals surface area contributed by atoms with Gasteiger partial charge in [-0.3, -0.25) is 5.41 Å². The monoisotopic (exact) mass is 223 g/mol. The van der Waals surface area contributed by atoms with Crippen LogP contribution in [-0.2, 0) is 14.8 Å². The zero-order chi connectivity index (χ0) is 11.4. The molecule has 0 radical (unpaired) electrons. The molecule has 0 fully saturated rings. The fourth-order valence-corrected chi connectivity index (χ4v) is 2.03. The summed E-state index contributed by atoms with van der Waals surface area (Å²) in [5.74, 6) is -0.272. The molecule has 0 heterocycles. The zero-order valence-electron chi connectivity index (χ0n) is 8.65. The molecule has 0 saturated heterocycles. The molecule has 0 bridgehead atoms. The highest BCUT2D eigenvalue weighted by Crippen LogP contribution is 2.04. The molecule has 0 rings (SSSR count). The molecule has 6 nitrogen and oxygen atoms in total. The van der Waals surface area contributed by atoms with Crippen LogP contribution in [0.1, 0.15) is 6.92 Å². The molecule has 0 aromatic heterocycles. The van der Waals surface area contributed by atoms with Gasteiger partial charge in [0.25, 0.3) is 0 Å². The van der Waals surface area contributed by atoms with Crippen LogP contribution in [0.3, 0.4) is 0 Å². The molecule has 84 valence electrons. The standard InChI is InChI=1S/C7H17N3O3S/c1-6(7(8)9)10(2)14(11,12)5-4-13-3/h6H,4-5H2,1-3H3,(H3,8,9). The Labute approximate surface area is 84.6 Å². The summed E-state index contributed by atoms with van der Waals surface area (Å²) in [5, 5.41) is 7.13. The van der Waals surface area contributed by atoms with E-state index in [1.165, 1.54) is 14.2 Å². The maximum absolute atomic E-state index is 11.5. The largest absolute Gasteiger partial charge is 0.386 e. The first-order valence-electron chi connectivity index (χ1n) is 4.11. The van der Waals surface area contributed by atoms with E-state index in [1.54, 1.807) is 6.92 Å². The maximum Gasteiger partial charge on any atom is 0.216 e. The number of nitrogens with two attached hydrogens (primary N) is 1. The molecule has 0 aliphatic carbocycles. The Balaban J connectivity index is 4.50. The predicted molar refractivity (Wildman–Crippen MR) is 54.8 cm³/mol. The lowest BCUT2D eigenvalue weighted by atomic mass is 10.3. The van der Waals surface area contributed by atoms with E-state index in [4.69, 9.17) is 11.1 Å². The van der Waals surface area contributed by atoms with Crippen LogP contribution < -0.4 is 5.73 Å². The molecule has 0 aliphatic rings. The molecular weight excluding hydrogens is 206 g/mol. The molecule has 0 aliphatic heterocycles.